The highest BCUT2D eigenvalue weighted by Gasteiger charge is 2.11. The Morgan fingerprint density at radius 1 is 1.05 bits per heavy atom. The van der Waals surface area contributed by atoms with E-state index in [-0.39, 0.29) is 5.91 Å². The standard InChI is InChI=1S/C17H14N2OS/c1-12-14(17(20)19-13-6-3-2-4-7-13)9-10-15(18-12)16-8-5-11-21-16/h2-11H,1H3,(H,19,20). The van der Waals surface area contributed by atoms with Gasteiger partial charge in [0, 0.05) is 5.69 Å². The maximum atomic E-state index is 12.3. The van der Waals surface area contributed by atoms with Crippen molar-refractivity contribution in [3.63, 3.8) is 0 Å². The lowest BCUT2D eigenvalue weighted by molar-refractivity contribution is 0.102. The van der Waals surface area contributed by atoms with Gasteiger partial charge in [-0.05, 0) is 42.6 Å². The van der Waals surface area contributed by atoms with Gasteiger partial charge in [0.1, 0.15) is 0 Å². The molecule has 0 bridgehead atoms. The summed E-state index contributed by atoms with van der Waals surface area (Å²) in [6.45, 7) is 1.86. The molecule has 0 spiro atoms. The first kappa shape index (κ1) is 13.5. The highest BCUT2D eigenvalue weighted by Crippen LogP contribution is 2.24. The molecule has 0 aliphatic carbocycles. The minimum absolute atomic E-state index is 0.135. The van der Waals surface area contributed by atoms with Crippen molar-refractivity contribution in [3.05, 3.63) is 71.2 Å². The van der Waals surface area contributed by atoms with E-state index in [0.29, 0.717) is 5.56 Å². The van der Waals surface area contributed by atoms with Crippen LogP contribution in [0.1, 0.15) is 16.1 Å². The van der Waals surface area contributed by atoms with Gasteiger partial charge in [0.15, 0.2) is 0 Å². The third kappa shape index (κ3) is 3.01. The summed E-state index contributed by atoms with van der Waals surface area (Å²) < 4.78 is 0. The molecule has 2 heterocycles. The lowest BCUT2D eigenvalue weighted by Gasteiger charge is -2.08. The highest BCUT2D eigenvalue weighted by molar-refractivity contribution is 7.13. The predicted molar refractivity (Wildman–Crippen MR) is 86.7 cm³/mol. The number of rotatable bonds is 3. The first-order valence-corrected chi connectivity index (χ1v) is 7.50. The molecule has 4 heteroatoms. The SMILES string of the molecule is Cc1nc(-c2cccs2)ccc1C(=O)Nc1ccccc1. The van der Waals surface area contributed by atoms with Gasteiger partial charge < -0.3 is 5.32 Å². The molecule has 0 aliphatic rings. The Kier molecular flexibility index (Phi) is 3.79. The van der Waals surface area contributed by atoms with Crippen LogP contribution in [0.4, 0.5) is 5.69 Å². The number of aryl methyl sites for hydroxylation is 1. The monoisotopic (exact) mass is 294 g/mol. The fourth-order valence-electron chi connectivity index (χ4n) is 2.08. The Morgan fingerprint density at radius 2 is 1.86 bits per heavy atom. The molecule has 0 atom stereocenters. The van der Waals surface area contributed by atoms with Gasteiger partial charge in [-0.3, -0.25) is 9.78 Å². The summed E-state index contributed by atoms with van der Waals surface area (Å²) in [7, 11) is 0. The van der Waals surface area contributed by atoms with Crippen molar-refractivity contribution in [2.45, 2.75) is 6.92 Å². The van der Waals surface area contributed by atoms with Crippen molar-refractivity contribution in [1.82, 2.24) is 4.98 Å². The van der Waals surface area contributed by atoms with Gasteiger partial charge in [-0.1, -0.05) is 24.3 Å². The summed E-state index contributed by atoms with van der Waals surface area (Å²) in [5.74, 6) is -0.135. The first-order chi connectivity index (χ1) is 10.2. The Hall–Kier alpha value is -2.46. The van der Waals surface area contributed by atoms with Crippen LogP contribution >= 0.6 is 11.3 Å². The Balaban J connectivity index is 1.84. The summed E-state index contributed by atoms with van der Waals surface area (Å²) in [6.07, 6.45) is 0. The van der Waals surface area contributed by atoms with Crippen LogP contribution in [-0.4, -0.2) is 10.9 Å². The molecule has 0 aliphatic heterocycles. The second-order valence-corrected chi connectivity index (χ2v) is 5.57. The number of anilines is 1. The molecule has 0 saturated carbocycles. The number of nitrogens with one attached hydrogen (secondary N) is 1. The molecule has 104 valence electrons. The van der Waals surface area contributed by atoms with E-state index < -0.39 is 0 Å². The van der Waals surface area contributed by atoms with E-state index in [1.807, 2.05) is 66.9 Å². The van der Waals surface area contributed by atoms with Crippen LogP contribution in [-0.2, 0) is 0 Å². The van der Waals surface area contributed by atoms with E-state index in [9.17, 15) is 4.79 Å². The zero-order valence-corrected chi connectivity index (χ0v) is 12.4. The predicted octanol–water partition coefficient (Wildman–Crippen LogP) is 4.37. The van der Waals surface area contributed by atoms with Gasteiger partial charge in [-0.15, -0.1) is 11.3 Å². The number of thiophene rings is 1. The van der Waals surface area contributed by atoms with Crippen LogP contribution in [0.25, 0.3) is 10.6 Å². The topological polar surface area (TPSA) is 42.0 Å². The van der Waals surface area contributed by atoms with Crippen molar-refractivity contribution in [3.8, 4) is 10.6 Å². The number of hydrogen-bond donors (Lipinski definition) is 1. The van der Waals surface area contributed by atoms with Crippen LogP contribution in [0.2, 0.25) is 0 Å². The van der Waals surface area contributed by atoms with Crippen molar-refractivity contribution in [2.75, 3.05) is 5.32 Å². The van der Waals surface area contributed by atoms with Gasteiger partial charge in [-0.2, -0.15) is 0 Å². The van der Waals surface area contributed by atoms with Crippen LogP contribution < -0.4 is 5.32 Å². The lowest BCUT2D eigenvalue weighted by atomic mass is 10.1. The summed E-state index contributed by atoms with van der Waals surface area (Å²) in [5.41, 5.74) is 3.01. The fourth-order valence-corrected chi connectivity index (χ4v) is 2.78. The second kappa shape index (κ2) is 5.89. The van der Waals surface area contributed by atoms with E-state index in [2.05, 4.69) is 10.3 Å². The molecule has 2 aromatic heterocycles. The average molecular weight is 294 g/mol. The lowest BCUT2D eigenvalue weighted by Crippen LogP contribution is -2.14. The molecule has 3 rings (SSSR count). The number of aromatic nitrogens is 1. The van der Waals surface area contributed by atoms with Crippen LogP contribution in [0.5, 0.6) is 0 Å². The van der Waals surface area contributed by atoms with Gasteiger partial charge in [-0.25, -0.2) is 0 Å². The van der Waals surface area contributed by atoms with E-state index in [4.69, 9.17) is 0 Å². The summed E-state index contributed by atoms with van der Waals surface area (Å²) >= 11 is 1.64. The molecule has 0 radical (unpaired) electrons. The number of hydrogen-bond acceptors (Lipinski definition) is 3. The molecule has 21 heavy (non-hydrogen) atoms. The summed E-state index contributed by atoms with van der Waals surface area (Å²) in [4.78, 5) is 17.9. The first-order valence-electron chi connectivity index (χ1n) is 6.62. The molecule has 1 N–H and O–H groups in total. The number of carbonyl (C=O) groups excluding carboxylic acids is 1. The zero-order chi connectivity index (χ0) is 14.7. The third-order valence-electron chi connectivity index (χ3n) is 3.14. The second-order valence-electron chi connectivity index (χ2n) is 4.63. The van der Waals surface area contributed by atoms with Crippen molar-refractivity contribution in [1.29, 1.82) is 0 Å². The molecule has 0 fully saturated rings. The minimum atomic E-state index is -0.135. The smallest absolute Gasteiger partial charge is 0.257 e. The fraction of sp³-hybridized carbons (Fsp3) is 0.0588. The molecular formula is C17H14N2OS. The quantitative estimate of drug-likeness (QED) is 0.779. The van der Waals surface area contributed by atoms with Gasteiger partial charge in [0.25, 0.3) is 5.91 Å². The number of para-hydroxylation sites is 1. The molecule has 3 aromatic rings. The van der Waals surface area contributed by atoms with E-state index in [0.717, 1.165) is 22.0 Å². The number of benzene rings is 1. The largest absolute Gasteiger partial charge is 0.322 e. The Labute approximate surface area is 127 Å². The Morgan fingerprint density at radius 3 is 2.52 bits per heavy atom. The van der Waals surface area contributed by atoms with Crippen molar-refractivity contribution in [2.24, 2.45) is 0 Å². The van der Waals surface area contributed by atoms with E-state index >= 15 is 0 Å². The third-order valence-corrected chi connectivity index (χ3v) is 4.03. The highest BCUT2D eigenvalue weighted by atomic mass is 32.1. The maximum Gasteiger partial charge on any atom is 0.257 e. The van der Waals surface area contributed by atoms with Crippen molar-refractivity contribution < 1.29 is 4.79 Å². The molecule has 3 nitrogen and oxygen atoms in total. The molecular weight excluding hydrogens is 280 g/mol. The van der Waals surface area contributed by atoms with Gasteiger partial charge in [0.2, 0.25) is 0 Å². The zero-order valence-electron chi connectivity index (χ0n) is 11.5. The van der Waals surface area contributed by atoms with Crippen molar-refractivity contribution >= 4 is 22.9 Å². The molecule has 0 unspecified atom stereocenters. The summed E-state index contributed by atoms with van der Waals surface area (Å²) in [5, 5.41) is 4.89. The van der Waals surface area contributed by atoms with Gasteiger partial charge >= 0.3 is 0 Å². The van der Waals surface area contributed by atoms with E-state index in [1.165, 1.54) is 0 Å². The minimum Gasteiger partial charge on any atom is -0.322 e. The number of amides is 1. The van der Waals surface area contributed by atoms with E-state index in [1.54, 1.807) is 11.3 Å². The molecule has 1 aromatic carbocycles. The van der Waals surface area contributed by atoms with Crippen LogP contribution in [0.15, 0.2) is 60.0 Å². The molecule has 1 amide bonds. The van der Waals surface area contributed by atoms with Gasteiger partial charge in [0.05, 0.1) is 21.8 Å². The van der Waals surface area contributed by atoms with Crippen LogP contribution in [0, 0.1) is 6.92 Å². The molecule has 0 saturated heterocycles. The number of nitrogens with zero attached hydrogens (tertiary/aromatic N) is 1. The summed E-state index contributed by atoms with van der Waals surface area (Å²) in [6, 6.07) is 17.2. The Bertz CT molecular complexity index is 752. The van der Waals surface area contributed by atoms with Crippen LogP contribution in [0.3, 0.4) is 0 Å². The number of pyridine rings is 1. The number of carbonyl (C=O) groups is 1. The normalized spacial score (nSPS) is 10.3. The maximum absolute atomic E-state index is 12.3. The average Bonchev–Trinajstić information content (AvgIpc) is 3.02.